The van der Waals surface area contributed by atoms with Crippen molar-refractivity contribution in [2.75, 3.05) is 0 Å². The van der Waals surface area contributed by atoms with Crippen LogP contribution in [0.4, 0.5) is 10.5 Å². The van der Waals surface area contributed by atoms with Gasteiger partial charge < -0.3 is 4.74 Å². The van der Waals surface area contributed by atoms with Gasteiger partial charge in [0.1, 0.15) is 5.69 Å². The van der Waals surface area contributed by atoms with Gasteiger partial charge in [-0.1, -0.05) is 46.3 Å². The Morgan fingerprint density at radius 1 is 1.12 bits per heavy atom. The number of amides is 1. The zero-order valence-corrected chi connectivity index (χ0v) is 10.3. The van der Waals surface area contributed by atoms with E-state index in [2.05, 4.69) is 21.2 Å². The number of benzene rings is 2. The summed E-state index contributed by atoms with van der Waals surface area (Å²) in [4.78, 5) is 11.1. The fourth-order valence-electron chi connectivity index (χ4n) is 1.77. The first-order valence-corrected chi connectivity index (χ1v) is 5.86. The number of ether oxygens (including phenoxy) is 1. The molecule has 2 aromatic rings. The average Bonchev–Trinajstić information content (AvgIpc) is 2.68. The smallest absolute Gasteiger partial charge is 0.406 e. The lowest BCUT2D eigenvalue weighted by atomic mass is 10.1. The van der Waals surface area contributed by atoms with Crippen molar-refractivity contribution < 1.29 is 9.53 Å². The third-order valence-corrected chi connectivity index (χ3v) is 3.20. The first-order chi connectivity index (χ1) is 8.24. The van der Waals surface area contributed by atoms with Gasteiger partial charge in [-0.25, -0.2) is 4.79 Å². The summed E-state index contributed by atoms with van der Waals surface area (Å²) in [5.41, 5.74) is 2.61. The predicted molar refractivity (Wildman–Crippen MR) is 67.4 cm³/mol. The van der Waals surface area contributed by atoms with Crippen molar-refractivity contribution in [1.82, 2.24) is 5.32 Å². The van der Waals surface area contributed by atoms with Gasteiger partial charge in [0, 0.05) is 4.47 Å². The first kappa shape index (κ1) is 10.4. The Balaban J connectivity index is 2.14. The molecule has 1 aliphatic rings. The molecule has 1 amide bonds. The molecule has 3 nitrogen and oxygen atoms in total. The zero-order valence-electron chi connectivity index (χ0n) is 8.68. The highest BCUT2D eigenvalue weighted by Gasteiger charge is 2.23. The van der Waals surface area contributed by atoms with Crippen molar-refractivity contribution in [2.45, 2.75) is 0 Å². The molecule has 0 N–H and O–H groups in total. The molecule has 1 radical (unpaired) electrons. The first-order valence-electron chi connectivity index (χ1n) is 5.06. The molecule has 0 saturated carbocycles. The van der Waals surface area contributed by atoms with E-state index < -0.39 is 6.09 Å². The minimum Gasteiger partial charge on any atom is -0.406 e. The maximum absolute atomic E-state index is 11.1. The van der Waals surface area contributed by atoms with Gasteiger partial charge in [-0.3, -0.25) is 0 Å². The Kier molecular flexibility index (Phi) is 2.37. The van der Waals surface area contributed by atoms with Crippen molar-refractivity contribution in [2.24, 2.45) is 0 Å². The van der Waals surface area contributed by atoms with Crippen molar-refractivity contribution in [3.05, 3.63) is 46.9 Å². The third kappa shape index (κ3) is 1.80. The largest absolute Gasteiger partial charge is 0.439 e. The van der Waals surface area contributed by atoms with Crippen LogP contribution in [0.1, 0.15) is 0 Å². The van der Waals surface area contributed by atoms with Crippen LogP contribution in [0.25, 0.3) is 11.1 Å². The summed E-state index contributed by atoms with van der Waals surface area (Å²) >= 11 is 3.48. The lowest BCUT2D eigenvalue weighted by Crippen LogP contribution is -2.05. The van der Waals surface area contributed by atoms with Gasteiger partial charge in [0.25, 0.3) is 0 Å². The van der Waals surface area contributed by atoms with E-state index in [1.165, 1.54) is 0 Å². The highest BCUT2D eigenvalue weighted by Crippen LogP contribution is 2.39. The molecule has 0 bridgehead atoms. The molecule has 83 valence electrons. The molecule has 4 heteroatoms. The van der Waals surface area contributed by atoms with Crippen molar-refractivity contribution in [3.63, 3.8) is 0 Å². The molecule has 1 aliphatic heterocycles. The number of halogens is 1. The summed E-state index contributed by atoms with van der Waals surface area (Å²) in [5.74, 6) is 0.511. The van der Waals surface area contributed by atoms with Crippen LogP contribution in [0.15, 0.2) is 46.9 Å². The Bertz CT molecular complexity index is 596. The third-order valence-electron chi connectivity index (χ3n) is 2.54. The van der Waals surface area contributed by atoms with Crippen LogP contribution < -0.4 is 10.1 Å². The fraction of sp³-hybridized carbons (Fsp3) is 0. The minimum absolute atomic E-state index is 0.511. The zero-order chi connectivity index (χ0) is 11.8. The van der Waals surface area contributed by atoms with Crippen LogP contribution >= 0.6 is 15.9 Å². The number of nitrogens with zero attached hydrogens (tertiary/aromatic N) is 1. The van der Waals surface area contributed by atoms with E-state index in [-0.39, 0.29) is 0 Å². The normalized spacial score (nSPS) is 12.9. The van der Waals surface area contributed by atoms with Crippen LogP contribution in [-0.4, -0.2) is 6.09 Å². The molecule has 0 atom stereocenters. The van der Waals surface area contributed by atoms with Crippen molar-refractivity contribution in [1.29, 1.82) is 0 Å². The molecule has 17 heavy (non-hydrogen) atoms. The topological polar surface area (TPSA) is 40.4 Å². The molecule has 0 saturated heterocycles. The van der Waals surface area contributed by atoms with Gasteiger partial charge in [-0.05, 0) is 23.3 Å². The van der Waals surface area contributed by atoms with E-state index in [0.29, 0.717) is 11.4 Å². The van der Waals surface area contributed by atoms with Crippen LogP contribution in [0, 0.1) is 0 Å². The van der Waals surface area contributed by atoms with Crippen LogP contribution in [0.2, 0.25) is 0 Å². The summed E-state index contributed by atoms with van der Waals surface area (Å²) in [6.45, 7) is 0. The summed E-state index contributed by atoms with van der Waals surface area (Å²) in [7, 11) is 0. The van der Waals surface area contributed by atoms with E-state index >= 15 is 0 Å². The number of carbonyl (C=O) groups is 1. The predicted octanol–water partition coefficient (Wildman–Crippen LogP) is 3.86. The SMILES string of the molecule is O=C1[N]c2cc(Br)c(-c3ccccc3)cc2O1. The molecule has 0 unspecified atom stereocenters. The van der Waals surface area contributed by atoms with Gasteiger partial charge in [0.05, 0.1) is 0 Å². The van der Waals surface area contributed by atoms with Crippen molar-refractivity contribution in [3.8, 4) is 16.9 Å². The standard InChI is InChI=1S/C13H7BrNO2/c14-10-7-11-12(17-13(16)15-11)6-9(10)8-4-2-1-3-5-8/h1-7H. The summed E-state index contributed by atoms with van der Waals surface area (Å²) in [5, 5.41) is 3.76. The molecule has 0 aliphatic carbocycles. The van der Waals surface area contributed by atoms with Gasteiger partial charge >= 0.3 is 6.09 Å². The van der Waals surface area contributed by atoms with Gasteiger partial charge in [0.2, 0.25) is 0 Å². The lowest BCUT2D eigenvalue weighted by Gasteiger charge is -2.06. The van der Waals surface area contributed by atoms with E-state index in [1.54, 1.807) is 6.07 Å². The quantitative estimate of drug-likeness (QED) is 0.799. The number of hydrogen-bond acceptors (Lipinski definition) is 2. The molecule has 2 aromatic carbocycles. The summed E-state index contributed by atoms with van der Waals surface area (Å²) < 4.78 is 5.89. The monoisotopic (exact) mass is 288 g/mol. The van der Waals surface area contributed by atoms with Gasteiger partial charge in [-0.2, -0.15) is 5.32 Å². The molecule has 0 fully saturated rings. The van der Waals surface area contributed by atoms with E-state index in [4.69, 9.17) is 4.74 Å². The lowest BCUT2D eigenvalue weighted by molar-refractivity contribution is 0.211. The Morgan fingerprint density at radius 3 is 2.65 bits per heavy atom. The van der Waals surface area contributed by atoms with Gasteiger partial charge in [0.15, 0.2) is 5.75 Å². The molecule has 0 spiro atoms. The average molecular weight is 289 g/mol. The van der Waals surface area contributed by atoms with Crippen LogP contribution in [0.3, 0.4) is 0 Å². The molecule has 1 heterocycles. The van der Waals surface area contributed by atoms with E-state index in [9.17, 15) is 4.79 Å². The second-order valence-corrected chi connectivity index (χ2v) is 4.50. The number of fused-ring (bicyclic) bond motifs is 1. The molecule has 3 rings (SSSR count). The number of rotatable bonds is 1. The summed E-state index contributed by atoms with van der Waals surface area (Å²) in [6, 6.07) is 13.5. The molecular formula is C13H7BrNO2. The van der Waals surface area contributed by atoms with Crippen LogP contribution in [0.5, 0.6) is 5.75 Å². The maximum Gasteiger partial charge on any atom is 0.439 e. The van der Waals surface area contributed by atoms with Crippen molar-refractivity contribution >= 4 is 27.7 Å². The fourth-order valence-corrected chi connectivity index (χ4v) is 2.33. The Morgan fingerprint density at radius 2 is 1.88 bits per heavy atom. The van der Waals surface area contributed by atoms with E-state index in [0.717, 1.165) is 15.6 Å². The van der Waals surface area contributed by atoms with E-state index in [1.807, 2.05) is 36.4 Å². The second kappa shape index (κ2) is 3.89. The Hall–Kier alpha value is -1.81. The second-order valence-electron chi connectivity index (χ2n) is 3.65. The maximum atomic E-state index is 11.1. The Labute approximate surface area is 107 Å². The molecular weight excluding hydrogens is 282 g/mol. The number of hydrogen-bond donors (Lipinski definition) is 0. The summed E-state index contributed by atoms with van der Waals surface area (Å²) in [6.07, 6.45) is -0.558. The molecule has 0 aromatic heterocycles. The van der Waals surface area contributed by atoms with Gasteiger partial charge in [-0.15, -0.1) is 0 Å². The number of carbonyl (C=O) groups excluding carboxylic acids is 1. The van der Waals surface area contributed by atoms with Crippen LogP contribution in [-0.2, 0) is 0 Å². The highest BCUT2D eigenvalue weighted by molar-refractivity contribution is 9.10. The highest BCUT2D eigenvalue weighted by atomic mass is 79.9. The minimum atomic E-state index is -0.558.